The number of hydrogen-bond acceptors (Lipinski definition) is 3. The Morgan fingerprint density at radius 2 is 2.06 bits per heavy atom. The zero-order chi connectivity index (χ0) is 12.8. The Hall–Kier alpha value is -1.10. The van der Waals surface area contributed by atoms with E-state index < -0.39 is 0 Å². The number of carbonyl (C=O) groups excluding carboxylic acids is 2. The molecule has 1 heterocycles. The van der Waals surface area contributed by atoms with Gasteiger partial charge in [-0.15, -0.1) is 0 Å². The van der Waals surface area contributed by atoms with Crippen molar-refractivity contribution in [2.24, 2.45) is 5.73 Å². The van der Waals surface area contributed by atoms with Crippen LogP contribution in [0.25, 0.3) is 0 Å². The number of nitrogens with zero attached hydrogens (tertiary/aromatic N) is 2. The predicted molar refractivity (Wildman–Crippen MR) is 66.7 cm³/mol. The van der Waals surface area contributed by atoms with E-state index in [0.717, 1.165) is 32.1 Å². The number of hydrogen-bond donors (Lipinski definition) is 1. The first-order chi connectivity index (χ1) is 8.57. The molecule has 3 aliphatic rings. The van der Waals surface area contributed by atoms with E-state index in [9.17, 15) is 9.59 Å². The van der Waals surface area contributed by atoms with Crippen LogP contribution in [0.2, 0.25) is 0 Å². The third-order valence-electron chi connectivity index (χ3n) is 4.45. The highest BCUT2D eigenvalue weighted by Gasteiger charge is 2.39. The number of amides is 2. The van der Waals surface area contributed by atoms with Crippen LogP contribution in [0.4, 0.5) is 0 Å². The largest absolute Gasteiger partial charge is 0.336 e. The van der Waals surface area contributed by atoms with Gasteiger partial charge < -0.3 is 15.5 Å². The Morgan fingerprint density at radius 3 is 2.56 bits per heavy atom. The van der Waals surface area contributed by atoms with Crippen molar-refractivity contribution in [1.29, 1.82) is 0 Å². The lowest BCUT2D eigenvalue weighted by Gasteiger charge is -2.40. The second-order valence-corrected chi connectivity index (χ2v) is 6.03. The Kier molecular flexibility index (Phi) is 2.81. The van der Waals surface area contributed by atoms with Gasteiger partial charge in [0.25, 0.3) is 0 Å². The van der Waals surface area contributed by atoms with Crippen LogP contribution in [0.15, 0.2) is 0 Å². The van der Waals surface area contributed by atoms with E-state index in [1.165, 1.54) is 0 Å². The van der Waals surface area contributed by atoms with E-state index in [-0.39, 0.29) is 23.9 Å². The van der Waals surface area contributed by atoms with Crippen molar-refractivity contribution in [3.8, 4) is 0 Å². The lowest BCUT2D eigenvalue weighted by molar-refractivity contribution is -0.146. The third-order valence-corrected chi connectivity index (χ3v) is 4.45. The Morgan fingerprint density at radius 1 is 1.33 bits per heavy atom. The van der Waals surface area contributed by atoms with Crippen molar-refractivity contribution in [3.63, 3.8) is 0 Å². The van der Waals surface area contributed by atoms with Crippen LogP contribution in [0.5, 0.6) is 0 Å². The molecular formula is C13H21N3O2. The molecule has 0 radical (unpaired) electrons. The fourth-order valence-electron chi connectivity index (χ4n) is 2.89. The van der Waals surface area contributed by atoms with Gasteiger partial charge in [0.15, 0.2) is 0 Å². The van der Waals surface area contributed by atoms with Gasteiger partial charge in [-0.2, -0.15) is 0 Å². The molecule has 100 valence electrons. The van der Waals surface area contributed by atoms with Crippen LogP contribution in [0.3, 0.4) is 0 Å². The fourth-order valence-corrected chi connectivity index (χ4v) is 2.89. The van der Waals surface area contributed by atoms with Crippen molar-refractivity contribution in [2.75, 3.05) is 19.6 Å². The topological polar surface area (TPSA) is 66.6 Å². The first-order valence-corrected chi connectivity index (χ1v) is 6.94. The maximum atomic E-state index is 12.1. The molecule has 0 unspecified atom stereocenters. The molecule has 2 saturated carbocycles. The summed E-state index contributed by atoms with van der Waals surface area (Å²) in [6, 6.07) is 0.460. The molecule has 1 saturated heterocycles. The summed E-state index contributed by atoms with van der Waals surface area (Å²) in [5.74, 6) is 0.165. The van der Waals surface area contributed by atoms with Crippen molar-refractivity contribution in [2.45, 2.75) is 50.1 Å². The maximum absolute atomic E-state index is 12.1. The SMILES string of the molecule is NC1(CC(=O)N2CCN(C3CC3)C(=O)C2)CCC1. The van der Waals surface area contributed by atoms with Gasteiger partial charge in [0, 0.05) is 31.1 Å². The Labute approximate surface area is 107 Å². The van der Waals surface area contributed by atoms with Crippen molar-refractivity contribution < 1.29 is 9.59 Å². The summed E-state index contributed by atoms with van der Waals surface area (Å²) < 4.78 is 0. The maximum Gasteiger partial charge on any atom is 0.242 e. The minimum atomic E-state index is -0.284. The van der Waals surface area contributed by atoms with Crippen LogP contribution in [0, 0.1) is 0 Å². The zero-order valence-electron chi connectivity index (χ0n) is 10.7. The van der Waals surface area contributed by atoms with E-state index in [2.05, 4.69) is 0 Å². The predicted octanol–water partition coefficient (Wildman–Crippen LogP) is 0.0911. The third kappa shape index (κ3) is 2.23. The molecule has 0 aromatic carbocycles. The van der Waals surface area contributed by atoms with Crippen molar-refractivity contribution >= 4 is 11.8 Å². The lowest BCUT2D eigenvalue weighted by Crippen LogP contribution is -2.56. The van der Waals surface area contributed by atoms with E-state index in [1.807, 2.05) is 4.90 Å². The minimum Gasteiger partial charge on any atom is -0.336 e. The number of rotatable bonds is 3. The molecule has 0 spiro atoms. The second kappa shape index (κ2) is 4.23. The summed E-state index contributed by atoms with van der Waals surface area (Å²) in [5, 5.41) is 0. The van der Waals surface area contributed by atoms with Crippen LogP contribution in [-0.2, 0) is 9.59 Å². The molecule has 0 atom stereocenters. The monoisotopic (exact) mass is 251 g/mol. The molecule has 2 amide bonds. The van der Waals surface area contributed by atoms with Gasteiger partial charge in [-0.05, 0) is 32.1 Å². The molecule has 5 heteroatoms. The van der Waals surface area contributed by atoms with Gasteiger partial charge in [-0.25, -0.2) is 0 Å². The van der Waals surface area contributed by atoms with E-state index in [1.54, 1.807) is 4.90 Å². The molecule has 2 N–H and O–H groups in total. The number of piperazine rings is 1. The fraction of sp³-hybridized carbons (Fsp3) is 0.846. The molecule has 1 aliphatic heterocycles. The number of nitrogens with two attached hydrogens (primary N) is 1. The molecule has 0 aromatic rings. The summed E-state index contributed by atoms with van der Waals surface area (Å²) in [6.45, 7) is 1.63. The van der Waals surface area contributed by atoms with Gasteiger partial charge in [0.2, 0.25) is 11.8 Å². The zero-order valence-corrected chi connectivity index (χ0v) is 10.7. The summed E-state index contributed by atoms with van der Waals surface area (Å²) in [4.78, 5) is 27.7. The van der Waals surface area contributed by atoms with Crippen LogP contribution in [-0.4, -0.2) is 52.8 Å². The highest BCUT2D eigenvalue weighted by molar-refractivity contribution is 5.86. The summed E-state index contributed by atoms with van der Waals surface area (Å²) in [5.41, 5.74) is 5.80. The molecule has 0 aromatic heterocycles. The van der Waals surface area contributed by atoms with Gasteiger partial charge in [0.05, 0.1) is 6.54 Å². The Bertz CT molecular complexity index is 374. The first-order valence-electron chi connectivity index (χ1n) is 6.94. The standard InChI is InChI=1S/C13H21N3O2/c14-13(4-1-5-13)8-11(17)15-6-7-16(10-2-3-10)12(18)9-15/h10H,1-9,14H2. The smallest absolute Gasteiger partial charge is 0.242 e. The molecule has 3 rings (SSSR count). The van der Waals surface area contributed by atoms with Crippen molar-refractivity contribution in [3.05, 3.63) is 0 Å². The van der Waals surface area contributed by atoms with E-state index >= 15 is 0 Å². The van der Waals surface area contributed by atoms with Gasteiger partial charge >= 0.3 is 0 Å². The summed E-state index contributed by atoms with van der Waals surface area (Å²) >= 11 is 0. The normalized spacial score (nSPS) is 27.1. The molecule has 2 aliphatic carbocycles. The highest BCUT2D eigenvalue weighted by Crippen LogP contribution is 2.33. The van der Waals surface area contributed by atoms with E-state index in [0.29, 0.717) is 25.6 Å². The molecule has 5 nitrogen and oxygen atoms in total. The summed E-state index contributed by atoms with van der Waals surface area (Å²) in [6.07, 6.45) is 5.67. The van der Waals surface area contributed by atoms with Crippen LogP contribution in [0.1, 0.15) is 38.5 Å². The molecule has 3 fully saturated rings. The minimum absolute atomic E-state index is 0.0565. The van der Waals surface area contributed by atoms with Crippen LogP contribution >= 0.6 is 0 Å². The Balaban J connectivity index is 1.54. The number of carbonyl (C=O) groups is 2. The lowest BCUT2D eigenvalue weighted by atomic mass is 9.75. The molecular weight excluding hydrogens is 230 g/mol. The quantitative estimate of drug-likeness (QED) is 0.773. The highest BCUT2D eigenvalue weighted by atomic mass is 16.2. The average Bonchev–Trinajstić information content (AvgIpc) is 3.10. The van der Waals surface area contributed by atoms with Gasteiger partial charge in [-0.3, -0.25) is 9.59 Å². The van der Waals surface area contributed by atoms with E-state index in [4.69, 9.17) is 5.73 Å². The first kappa shape index (κ1) is 12.0. The van der Waals surface area contributed by atoms with Gasteiger partial charge in [-0.1, -0.05) is 0 Å². The van der Waals surface area contributed by atoms with Gasteiger partial charge in [0.1, 0.15) is 0 Å². The second-order valence-electron chi connectivity index (χ2n) is 6.03. The molecule has 18 heavy (non-hydrogen) atoms. The molecule has 0 bridgehead atoms. The summed E-state index contributed by atoms with van der Waals surface area (Å²) in [7, 11) is 0. The van der Waals surface area contributed by atoms with Crippen molar-refractivity contribution in [1.82, 2.24) is 9.80 Å². The van der Waals surface area contributed by atoms with Crippen LogP contribution < -0.4 is 5.73 Å². The average molecular weight is 251 g/mol.